The van der Waals surface area contributed by atoms with E-state index < -0.39 is 10.8 Å². The van der Waals surface area contributed by atoms with Crippen LogP contribution in [0, 0.1) is 10.1 Å². The molecule has 1 amide bonds. The van der Waals surface area contributed by atoms with E-state index in [1.54, 1.807) is 13.8 Å². The fraction of sp³-hybridized carbons (Fsp3) is 0.364. The minimum Gasteiger partial charge on any atom is -0.506 e. The first kappa shape index (κ1) is 13.9. The lowest BCUT2D eigenvalue weighted by Gasteiger charge is -2.09. The minimum absolute atomic E-state index is 0.0822. The number of phenolic OH excluding ortho intramolecular Hbond substituents is 1. The van der Waals surface area contributed by atoms with Gasteiger partial charge in [0.2, 0.25) is 5.91 Å². The Morgan fingerprint density at radius 2 is 2.22 bits per heavy atom. The molecule has 7 nitrogen and oxygen atoms in total. The van der Waals surface area contributed by atoms with Crippen molar-refractivity contribution in [1.29, 1.82) is 0 Å². The van der Waals surface area contributed by atoms with Crippen molar-refractivity contribution in [2.24, 2.45) is 0 Å². The molecular formula is C11H14N2O5. The highest BCUT2D eigenvalue weighted by molar-refractivity contribution is 5.93. The summed E-state index contributed by atoms with van der Waals surface area (Å²) in [6.07, 6.45) is -0.0822. The molecule has 0 heterocycles. The summed E-state index contributed by atoms with van der Waals surface area (Å²) >= 11 is 0. The van der Waals surface area contributed by atoms with Crippen LogP contribution >= 0.6 is 0 Å². The Morgan fingerprint density at radius 1 is 1.56 bits per heavy atom. The number of anilines is 1. The Labute approximate surface area is 104 Å². The lowest BCUT2D eigenvalue weighted by atomic mass is 10.2. The number of carbonyl (C=O) groups is 1. The van der Waals surface area contributed by atoms with Crippen LogP contribution in [-0.4, -0.2) is 28.6 Å². The van der Waals surface area contributed by atoms with E-state index in [0.717, 1.165) is 6.07 Å². The average Bonchev–Trinajstić information content (AvgIpc) is 2.29. The molecule has 0 radical (unpaired) electrons. The summed E-state index contributed by atoms with van der Waals surface area (Å²) in [7, 11) is 0. The number of hydrogen-bond acceptors (Lipinski definition) is 5. The van der Waals surface area contributed by atoms with E-state index in [9.17, 15) is 20.0 Å². The largest absolute Gasteiger partial charge is 0.506 e. The quantitative estimate of drug-likeness (QED) is 0.472. The van der Waals surface area contributed by atoms with Crippen molar-refractivity contribution < 1.29 is 19.6 Å². The molecule has 0 aromatic heterocycles. The van der Waals surface area contributed by atoms with Crippen molar-refractivity contribution in [1.82, 2.24) is 0 Å². The van der Waals surface area contributed by atoms with E-state index in [-0.39, 0.29) is 29.8 Å². The molecule has 0 fully saturated rings. The average molecular weight is 254 g/mol. The lowest BCUT2D eigenvalue weighted by molar-refractivity contribution is -0.384. The number of nitrogens with zero attached hydrogens (tertiary/aromatic N) is 1. The summed E-state index contributed by atoms with van der Waals surface area (Å²) in [6, 6.07) is 3.43. The summed E-state index contributed by atoms with van der Waals surface area (Å²) in [6.45, 7) is 3.43. The smallest absolute Gasteiger partial charge is 0.273 e. The summed E-state index contributed by atoms with van der Waals surface area (Å²) in [5, 5.41) is 22.4. The summed E-state index contributed by atoms with van der Waals surface area (Å²) in [5.41, 5.74) is -0.137. The molecule has 98 valence electrons. The summed E-state index contributed by atoms with van der Waals surface area (Å²) < 4.78 is 5.08. The molecule has 0 saturated carbocycles. The SMILES string of the molecule is CC(C)OCC(=O)Nc1ccc([N+](=O)[O-])cc1O. The van der Waals surface area contributed by atoms with Crippen molar-refractivity contribution >= 4 is 17.3 Å². The molecule has 2 N–H and O–H groups in total. The van der Waals surface area contributed by atoms with E-state index >= 15 is 0 Å². The van der Waals surface area contributed by atoms with Gasteiger partial charge in [0.1, 0.15) is 12.4 Å². The van der Waals surface area contributed by atoms with Gasteiger partial charge in [0.25, 0.3) is 5.69 Å². The van der Waals surface area contributed by atoms with Gasteiger partial charge in [0, 0.05) is 6.07 Å². The van der Waals surface area contributed by atoms with Crippen LogP contribution in [0.15, 0.2) is 18.2 Å². The van der Waals surface area contributed by atoms with Crippen molar-refractivity contribution in [2.75, 3.05) is 11.9 Å². The third-order valence-corrected chi connectivity index (χ3v) is 2.01. The fourth-order valence-electron chi connectivity index (χ4n) is 1.17. The number of amides is 1. The maximum atomic E-state index is 11.4. The second-order valence-electron chi connectivity index (χ2n) is 3.87. The third kappa shape index (κ3) is 4.02. The van der Waals surface area contributed by atoms with Crippen molar-refractivity contribution in [3.63, 3.8) is 0 Å². The highest BCUT2D eigenvalue weighted by Gasteiger charge is 2.12. The molecule has 0 unspecified atom stereocenters. The van der Waals surface area contributed by atoms with Crippen molar-refractivity contribution in [3.05, 3.63) is 28.3 Å². The number of phenols is 1. The molecule has 1 aromatic rings. The molecule has 0 bridgehead atoms. The van der Waals surface area contributed by atoms with E-state index in [1.165, 1.54) is 12.1 Å². The first-order chi connectivity index (χ1) is 8.40. The monoisotopic (exact) mass is 254 g/mol. The van der Waals surface area contributed by atoms with Crippen LogP contribution < -0.4 is 5.32 Å². The molecular weight excluding hydrogens is 240 g/mol. The predicted molar refractivity (Wildman–Crippen MR) is 64.5 cm³/mol. The number of non-ortho nitro benzene ring substituents is 1. The third-order valence-electron chi connectivity index (χ3n) is 2.01. The molecule has 0 aliphatic rings. The van der Waals surface area contributed by atoms with Gasteiger partial charge in [-0.1, -0.05) is 0 Å². The maximum absolute atomic E-state index is 11.4. The van der Waals surface area contributed by atoms with Crippen LogP contribution in [-0.2, 0) is 9.53 Å². The number of rotatable bonds is 5. The second-order valence-corrected chi connectivity index (χ2v) is 3.87. The first-order valence-electron chi connectivity index (χ1n) is 5.29. The van der Waals surface area contributed by atoms with Crippen molar-refractivity contribution in [2.45, 2.75) is 20.0 Å². The Balaban J connectivity index is 2.68. The normalized spacial score (nSPS) is 10.4. The highest BCUT2D eigenvalue weighted by atomic mass is 16.6. The maximum Gasteiger partial charge on any atom is 0.273 e. The van der Waals surface area contributed by atoms with Crippen LogP contribution in [0.2, 0.25) is 0 Å². The molecule has 1 rings (SSSR count). The zero-order valence-corrected chi connectivity index (χ0v) is 10.0. The van der Waals surface area contributed by atoms with Crippen LogP contribution in [0.5, 0.6) is 5.75 Å². The first-order valence-corrected chi connectivity index (χ1v) is 5.29. The Kier molecular flexibility index (Phi) is 4.61. The van der Waals surface area contributed by atoms with E-state index in [1.807, 2.05) is 0 Å². The van der Waals surface area contributed by atoms with Gasteiger partial charge in [-0.2, -0.15) is 0 Å². The number of benzene rings is 1. The highest BCUT2D eigenvalue weighted by Crippen LogP contribution is 2.27. The molecule has 0 spiro atoms. The van der Waals surface area contributed by atoms with Crippen LogP contribution in [0.1, 0.15) is 13.8 Å². The van der Waals surface area contributed by atoms with E-state index in [2.05, 4.69) is 5.32 Å². The summed E-state index contributed by atoms with van der Waals surface area (Å²) in [5.74, 6) is -0.796. The van der Waals surface area contributed by atoms with E-state index in [0.29, 0.717) is 0 Å². The zero-order valence-electron chi connectivity index (χ0n) is 10.0. The van der Waals surface area contributed by atoms with Crippen molar-refractivity contribution in [3.8, 4) is 5.75 Å². The Morgan fingerprint density at radius 3 is 2.72 bits per heavy atom. The zero-order chi connectivity index (χ0) is 13.7. The summed E-state index contributed by atoms with van der Waals surface area (Å²) in [4.78, 5) is 21.2. The lowest BCUT2D eigenvalue weighted by Crippen LogP contribution is -2.20. The fourth-order valence-corrected chi connectivity index (χ4v) is 1.17. The molecule has 1 aromatic carbocycles. The van der Waals surface area contributed by atoms with Gasteiger partial charge in [-0.3, -0.25) is 14.9 Å². The van der Waals surface area contributed by atoms with Crippen LogP contribution in [0.3, 0.4) is 0 Å². The second kappa shape index (κ2) is 5.97. The number of nitro groups is 1. The van der Waals surface area contributed by atoms with Gasteiger partial charge in [0.15, 0.2) is 0 Å². The van der Waals surface area contributed by atoms with E-state index in [4.69, 9.17) is 4.74 Å². The molecule has 0 atom stereocenters. The Hall–Kier alpha value is -2.15. The Bertz CT molecular complexity index is 459. The topological polar surface area (TPSA) is 102 Å². The number of ether oxygens (including phenoxy) is 1. The van der Waals surface area contributed by atoms with Gasteiger partial charge in [-0.25, -0.2) is 0 Å². The number of aromatic hydroxyl groups is 1. The van der Waals surface area contributed by atoms with Gasteiger partial charge in [-0.15, -0.1) is 0 Å². The molecule has 18 heavy (non-hydrogen) atoms. The van der Waals surface area contributed by atoms with Gasteiger partial charge < -0.3 is 15.2 Å². The standard InChI is InChI=1S/C11H14N2O5/c1-7(2)18-6-11(15)12-9-4-3-8(13(16)17)5-10(9)14/h3-5,7,14H,6H2,1-2H3,(H,12,15). The number of hydrogen-bond donors (Lipinski definition) is 2. The van der Waals surface area contributed by atoms with Crippen LogP contribution in [0.4, 0.5) is 11.4 Å². The van der Waals surface area contributed by atoms with Gasteiger partial charge in [0.05, 0.1) is 22.8 Å². The van der Waals surface area contributed by atoms with Crippen LogP contribution in [0.25, 0.3) is 0 Å². The number of carbonyl (C=O) groups excluding carboxylic acids is 1. The predicted octanol–water partition coefficient (Wildman–Crippen LogP) is 1.66. The number of nitrogens with one attached hydrogen (secondary N) is 1. The number of nitro benzene ring substituents is 1. The van der Waals surface area contributed by atoms with Gasteiger partial charge >= 0.3 is 0 Å². The minimum atomic E-state index is -0.632. The molecule has 0 saturated heterocycles. The molecule has 0 aliphatic heterocycles. The van der Waals surface area contributed by atoms with Gasteiger partial charge in [-0.05, 0) is 19.9 Å². The molecule has 0 aliphatic carbocycles. The molecule has 7 heteroatoms.